The van der Waals surface area contributed by atoms with Crippen LogP contribution in [0.1, 0.15) is 62.4 Å². The molecule has 1 aliphatic rings. The van der Waals surface area contributed by atoms with Crippen molar-refractivity contribution in [3.63, 3.8) is 0 Å². The molecule has 0 aliphatic heterocycles. The second-order valence-electron chi connectivity index (χ2n) is 7.87. The monoisotopic (exact) mass is 380 g/mol. The first-order valence-corrected chi connectivity index (χ1v) is 10.5. The number of nitrogens with one attached hydrogen (secondary N) is 1. The van der Waals surface area contributed by atoms with Gasteiger partial charge in [-0.15, -0.1) is 0 Å². The summed E-state index contributed by atoms with van der Waals surface area (Å²) in [6, 6.07) is 8.50. The summed E-state index contributed by atoms with van der Waals surface area (Å²) < 4.78 is 0. The molecule has 0 spiro atoms. The van der Waals surface area contributed by atoms with Crippen molar-refractivity contribution in [3.05, 3.63) is 52.8 Å². The molecule has 0 saturated carbocycles. The van der Waals surface area contributed by atoms with Crippen molar-refractivity contribution in [2.75, 3.05) is 18.0 Å². The molecule has 0 bridgehead atoms. The zero-order chi connectivity index (χ0) is 20.1. The van der Waals surface area contributed by atoms with Crippen LogP contribution in [0.3, 0.4) is 0 Å². The summed E-state index contributed by atoms with van der Waals surface area (Å²) in [6.07, 6.45) is 4.33. The Hall–Kier alpha value is -2.43. The van der Waals surface area contributed by atoms with Gasteiger partial charge in [0.15, 0.2) is 0 Å². The molecule has 1 atom stereocenters. The first kappa shape index (κ1) is 20.3. The molecule has 3 rings (SSSR count). The maximum absolute atomic E-state index is 12.7. The highest BCUT2D eigenvalue weighted by Gasteiger charge is 2.26. The summed E-state index contributed by atoms with van der Waals surface area (Å²) in [4.78, 5) is 24.1. The number of carbonyl (C=O) groups is 1. The lowest BCUT2D eigenvalue weighted by Gasteiger charge is -2.25. The number of aromatic nitrogens is 2. The molecule has 150 valence electrons. The molecule has 0 saturated heterocycles. The summed E-state index contributed by atoms with van der Waals surface area (Å²) >= 11 is 0. The molecule has 1 aliphatic carbocycles. The van der Waals surface area contributed by atoms with E-state index in [-0.39, 0.29) is 11.8 Å². The number of hydrogen-bond acceptors (Lipinski definition) is 4. The molecule has 1 amide bonds. The third kappa shape index (κ3) is 4.70. The van der Waals surface area contributed by atoms with E-state index in [1.54, 1.807) is 0 Å². The Balaban J connectivity index is 1.58. The number of anilines is 1. The van der Waals surface area contributed by atoms with Crippen molar-refractivity contribution >= 4 is 11.9 Å². The summed E-state index contributed by atoms with van der Waals surface area (Å²) in [5.74, 6) is 1.46. The minimum Gasteiger partial charge on any atom is -0.352 e. The maximum Gasteiger partial charge on any atom is 0.225 e. The number of hydrogen-bond donors (Lipinski definition) is 1. The van der Waals surface area contributed by atoms with Crippen LogP contribution < -0.4 is 10.2 Å². The molecule has 28 heavy (non-hydrogen) atoms. The van der Waals surface area contributed by atoms with Gasteiger partial charge in [-0.2, -0.15) is 0 Å². The van der Waals surface area contributed by atoms with Crippen LogP contribution in [0.5, 0.6) is 0 Å². The van der Waals surface area contributed by atoms with Crippen LogP contribution in [-0.4, -0.2) is 29.0 Å². The van der Waals surface area contributed by atoms with Crippen LogP contribution in [-0.2, 0) is 24.2 Å². The second kappa shape index (κ2) is 9.18. The predicted molar refractivity (Wildman–Crippen MR) is 113 cm³/mol. The second-order valence-corrected chi connectivity index (χ2v) is 7.87. The third-order valence-corrected chi connectivity index (χ3v) is 5.67. The number of rotatable bonds is 7. The smallest absolute Gasteiger partial charge is 0.225 e. The maximum atomic E-state index is 12.7. The van der Waals surface area contributed by atoms with E-state index in [4.69, 9.17) is 4.98 Å². The lowest BCUT2D eigenvalue weighted by atomic mass is 9.86. The van der Waals surface area contributed by atoms with Crippen LogP contribution in [0.15, 0.2) is 30.5 Å². The molecule has 2 aromatic rings. The van der Waals surface area contributed by atoms with Gasteiger partial charge in [-0.05, 0) is 55.7 Å². The van der Waals surface area contributed by atoms with E-state index in [0.29, 0.717) is 12.5 Å². The highest BCUT2D eigenvalue weighted by Crippen LogP contribution is 2.25. The number of aryl methyl sites for hydroxylation is 1. The molecule has 1 N–H and O–H groups in total. The molecule has 0 fully saturated rings. The van der Waals surface area contributed by atoms with Gasteiger partial charge in [0.05, 0.1) is 0 Å². The van der Waals surface area contributed by atoms with E-state index in [1.165, 1.54) is 5.56 Å². The molecule has 1 heterocycles. The quantitative estimate of drug-likeness (QED) is 0.792. The number of amides is 1. The van der Waals surface area contributed by atoms with Gasteiger partial charge in [0.2, 0.25) is 11.9 Å². The number of carbonyl (C=O) groups excluding carboxylic acids is 1. The van der Waals surface area contributed by atoms with Gasteiger partial charge in [0, 0.05) is 37.4 Å². The van der Waals surface area contributed by atoms with Crippen LogP contribution in [0, 0.1) is 5.92 Å². The Kier molecular flexibility index (Phi) is 6.65. The van der Waals surface area contributed by atoms with Crippen molar-refractivity contribution in [2.45, 2.75) is 59.4 Å². The molecule has 1 aromatic carbocycles. The lowest BCUT2D eigenvalue weighted by Crippen LogP contribution is -2.34. The number of benzene rings is 1. The van der Waals surface area contributed by atoms with Gasteiger partial charge in [0.25, 0.3) is 0 Å². The van der Waals surface area contributed by atoms with Gasteiger partial charge < -0.3 is 10.2 Å². The van der Waals surface area contributed by atoms with Crippen LogP contribution in [0.25, 0.3) is 0 Å². The minimum atomic E-state index is 0.00494. The molecule has 5 heteroatoms. The fraction of sp³-hybridized carbons (Fsp3) is 0.522. The van der Waals surface area contributed by atoms with Crippen molar-refractivity contribution in [1.29, 1.82) is 0 Å². The van der Waals surface area contributed by atoms with Crippen molar-refractivity contribution in [2.24, 2.45) is 5.92 Å². The van der Waals surface area contributed by atoms with Gasteiger partial charge in [-0.25, -0.2) is 9.97 Å². The topological polar surface area (TPSA) is 58.1 Å². The molecular formula is C23H32N4O. The molecule has 1 aromatic heterocycles. The fourth-order valence-electron chi connectivity index (χ4n) is 3.73. The highest BCUT2D eigenvalue weighted by atomic mass is 16.1. The fourth-order valence-corrected chi connectivity index (χ4v) is 3.73. The van der Waals surface area contributed by atoms with E-state index < -0.39 is 0 Å². The van der Waals surface area contributed by atoms with Gasteiger partial charge >= 0.3 is 0 Å². The van der Waals surface area contributed by atoms with Crippen molar-refractivity contribution < 1.29 is 4.79 Å². The van der Waals surface area contributed by atoms with Crippen molar-refractivity contribution in [3.8, 4) is 0 Å². The van der Waals surface area contributed by atoms with E-state index in [2.05, 4.69) is 67.2 Å². The standard InChI is InChI=1S/C23H32N4O/c1-5-27(6-2)23-25-15-20-13-19(11-12-21(20)26-23)22(28)24-14-17-7-9-18(10-8-17)16(3)4/h7-10,15-16,19H,5-6,11-14H2,1-4H3,(H,24,28)/t19-/m1/s1. The molecule has 0 radical (unpaired) electrons. The van der Waals surface area contributed by atoms with Gasteiger partial charge in [0.1, 0.15) is 0 Å². The van der Waals surface area contributed by atoms with E-state index in [1.807, 2.05) is 6.20 Å². The Morgan fingerprint density at radius 2 is 1.93 bits per heavy atom. The number of fused-ring (bicyclic) bond motifs is 1. The van der Waals surface area contributed by atoms with Crippen LogP contribution in [0.4, 0.5) is 5.95 Å². The zero-order valence-electron chi connectivity index (χ0n) is 17.5. The average Bonchev–Trinajstić information content (AvgIpc) is 2.72. The molecule has 0 unspecified atom stereocenters. The Morgan fingerprint density at radius 3 is 2.57 bits per heavy atom. The van der Waals surface area contributed by atoms with E-state index in [9.17, 15) is 4.79 Å². The van der Waals surface area contributed by atoms with Crippen LogP contribution in [0.2, 0.25) is 0 Å². The first-order valence-electron chi connectivity index (χ1n) is 10.5. The van der Waals surface area contributed by atoms with E-state index >= 15 is 0 Å². The Morgan fingerprint density at radius 1 is 1.21 bits per heavy atom. The summed E-state index contributed by atoms with van der Waals surface area (Å²) in [5, 5.41) is 3.11. The summed E-state index contributed by atoms with van der Waals surface area (Å²) in [7, 11) is 0. The highest BCUT2D eigenvalue weighted by molar-refractivity contribution is 5.79. The Labute approximate surface area is 168 Å². The third-order valence-electron chi connectivity index (χ3n) is 5.67. The van der Waals surface area contributed by atoms with E-state index in [0.717, 1.165) is 55.1 Å². The van der Waals surface area contributed by atoms with Gasteiger partial charge in [-0.1, -0.05) is 38.1 Å². The first-order chi connectivity index (χ1) is 13.5. The summed E-state index contributed by atoms with van der Waals surface area (Å²) in [5.41, 5.74) is 4.68. The largest absolute Gasteiger partial charge is 0.352 e. The predicted octanol–water partition coefficient (Wildman–Crippen LogP) is 3.87. The Bertz CT molecular complexity index is 797. The minimum absolute atomic E-state index is 0.00494. The SMILES string of the molecule is CCN(CC)c1ncc2c(n1)CC[C@@H](C(=O)NCc1ccc(C(C)C)cc1)C2. The zero-order valence-corrected chi connectivity index (χ0v) is 17.5. The normalized spacial score (nSPS) is 16.0. The van der Waals surface area contributed by atoms with Gasteiger partial charge in [-0.3, -0.25) is 4.79 Å². The lowest BCUT2D eigenvalue weighted by molar-refractivity contribution is -0.125. The number of nitrogens with zero attached hydrogens (tertiary/aromatic N) is 3. The average molecular weight is 381 g/mol. The van der Waals surface area contributed by atoms with Crippen molar-refractivity contribution in [1.82, 2.24) is 15.3 Å². The molecular weight excluding hydrogens is 348 g/mol. The van der Waals surface area contributed by atoms with Crippen LogP contribution >= 0.6 is 0 Å². The molecule has 5 nitrogen and oxygen atoms in total. The summed E-state index contributed by atoms with van der Waals surface area (Å²) in [6.45, 7) is 11.0.